The highest BCUT2D eigenvalue weighted by atomic mass is 79.9. The Morgan fingerprint density at radius 3 is 2.80 bits per heavy atom. The second-order valence-electron chi connectivity index (χ2n) is 5.45. The van der Waals surface area contributed by atoms with E-state index in [-0.39, 0.29) is 18.4 Å². The maximum Gasteiger partial charge on any atom is 0.252 e. The monoisotopic (exact) mass is 398 g/mol. The number of benzene rings is 1. The van der Waals surface area contributed by atoms with Crippen LogP contribution in [-0.2, 0) is 4.79 Å². The zero-order valence-electron chi connectivity index (χ0n) is 13.4. The Kier molecular flexibility index (Phi) is 5.04. The maximum absolute atomic E-state index is 12.5. The van der Waals surface area contributed by atoms with E-state index < -0.39 is 0 Å². The molecule has 0 saturated carbocycles. The van der Waals surface area contributed by atoms with Crippen molar-refractivity contribution < 1.29 is 9.59 Å². The highest BCUT2D eigenvalue weighted by Crippen LogP contribution is 2.22. The molecule has 6 nitrogen and oxygen atoms in total. The molecule has 1 aromatic carbocycles. The number of carbonyl (C=O) groups excluding carboxylic acids is 2. The first-order valence-electron chi connectivity index (χ1n) is 7.58. The predicted molar refractivity (Wildman–Crippen MR) is 99.4 cm³/mol. The molecule has 0 spiro atoms. The lowest BCUT2D eigenvalue weighted by Gasteiger charge is -2.10. The summed E-state index contributed by atoms with van der Waals surface area (Å²) in [4.78, 5) is 32.8. The van der Waals surface area contributed by atoms with Crippen LogP contribution in [0.2, 0.25) is 0 Å². The van der Waals surface area contributed by atoms with Crippen molar-refractivity contribution in [2.24, 2.45) is 0 Å². The van der Waals surface area contributed by atoms with Gasteiger partial charge in [-0.2, -0.15) is 0 Å². The third-order valence-electron chi connectivity index (χ3n) is 3.50. The molecule has 2 amide bonds. The summed E-state index contributed by atoms with van der Waals surface area (Å²) in [5.41, 5.74) is 2.53. The Morgan fingerprint density at radius 2 is 2.04 bits per heavy atom. The SMILES string of the molecule is Cc1cc(C(=O)NCC(=O)Nc2cccnc2)c2cc(Br)ccc2n1. The summed E-state index contributed by atoms with van der Waals surface area (Å²) in [6, 6.07) is 10.7. The Morgan fingerprint density at radius 1 is 1.20 bits per heavy atom. The van der Waals surface area contributed by atoms with Gasteiger partial charge < -0.3 is 10.6 Å². The number of aryl methyl sites for hydroxylation is 1. The maximum atomic E-state index is 12.5. The van der Waals surface area contributed by atoms with Crippen LogP contribution in [0.15, 0.2) is 53.3 Å². The van der Waals surface area contributed by atoms with Crippen molar-refractivity contribution in [1.29, 1.82) is 0 Å². The lowest BCUT2D eigenvalue weighted by molar-refractivity contribution is -0.115. The van der Waals surface area contributed by atoms with E-state index in [1.165, 1.54) is 6.20 Å². The van der Waals surface area contributed by atoms with Crippen molar-refractivity contribution in [3.8, 4) is 0 Å². The number of halogens is 1. The number of pyridine rings is 2. The van der Waals surface area contributed by atoms with E-state index in [0.29, 0.717) is 11.3 Å². The minimum atomic E-state index is -0.324. The zero-order chi connectivity index (χ0) is 17.8. The van der Waals surface area contributed by atoms with Gasteiger partial charge in [-0.15, -0.1) is 0 Å². The average molecular weight is 399 g/mol. The Balaban J connectivity index is 1.74. The number of hydrogen-bond donors (Lipinski definition) is 2. The van der Waals surface area contributed by atoms with Crippen LogP contribution < -0.4 is 10.6 Å². The second-order valence-corrected chi connectivity index (χ2v) is 6.36. The second kappa shape index (κ2) is 7.40. The molecule has 25 heavy (non-hydrogen) atoms. The number of aromatic nitrogens is 2. The van der Waals surface area contributed by atoms with E-state index in [9.17, 15) is 9.59 Å². The molecule has 2 N–H and O–H groups in total. The fourth-order valence-corrected chi connectivity index (χ4v) is 2.78. The first-order valence-corrected chi connectivity index (χ1v) is 8.37. The van der Waals surface area contributed by atoms with Gasteiger partial charge in [0.2, 0.25) is 5.91 Å². The average Bonchev–Trinajstić information content (AvgIpc) is 2.60. The molecule has 0 atom stereocenters. The first-order chi connectivity index (χ1) is 12.0. The van der Waals surface area contributed by atoms with Gasteiger partial charge in [0.1, 0.15) is 0 Å². The molecule has 0 fully saturated rings. The molecule has 0 saturated heterocycles. The van der Waals surface area contributed by atoms with E-state index in [4.69, 9.17) is 0 Å². The van der Waals surface area contributed by atoms with Crippen LogP contribution in [-0.4, -0.2) is 28.3 Å². The molecule has 3 aromatic rings. The zero-order valence-corrected chi connectivity index (χ0v) is 15.0. The molecule has 0 bridgehead atoms. The van der Waals surface area contributed by atoms with Gasteiger partial charge in [0.05, 0.1) is 29.5 Å². The van der Waals surface area contributed by atoms with Crippen LogP contribution in [0.3, 0.4) is 0 Å². The number of fused-ring (bicyclic) bond motifs is 1. The smallest absolute Gasteiger partial charge is 0.252 e. The minimum Gasteiger partial charge on any atom is -0.343 e. The molecule has 3 rings (SSSR count). The van der Waals surface area contributed by atoms with Crippen molar-refractivity contribution in [3.63, 3.8) is 0 Å². The summed E-state index contributed by atoms with van der Waals surface area (Å²) < 4.78 is 0.856. The summed E-state index contributed by atoms with van der Waals surface area (Å²) in [5.74, 6) is -0.646. The normalized spacial score (nSPS) is 10.5. The van der Waals surface area contributed by atoms with Crippen LogP contribution in [0.4, 0.5) is 5.69 Å². The third kappa shape index (κ3) is 4.19. The Bertz CT molecular complexity index is 944. The van der Waals surface area contributed by atoms with Crippen LogP contribution in [0.1, 0.15) is 16.1 Å². The van der Waals surface area contributed by atoms with Gasteiger partial charge in [0.25, 0.3) is 5.91 Å². The lowest BCUT2D eigenvalue weighted by atomic mass is 10.1. The fraction of sp³-hybridized carbons (Fsp3) is 0.111. The largest absolute Gasteiger partial charge is 0.343 e. The molecule has 2 aromatic heterocycles. The van der Waals surface area contributed by atoms with E-state index in [2.05, 4.69) is 36.5 Å². The van der Waals surface area contributed by atoms with Gasteiger partial charge in [-0.1, -0.05) is 15.9 Å². The van der Waals surface area contributed by atoms with Crippen molar-refractivity contribution in [1.82, 2.24) is 15.3 Å². The summed E-state index contributed by atoms with van der Waals surface area (Å²) >= 11 is 3.40. The van der Waals surface area contributed by atoms with Crippen LogP contribution in [0, 0.1) is 6.92 Å². The van der Waals surface area contributed by atoms with E-state index >= 15 is 0 Å². The molecule has 126 valence electrons. The molecule has 0 aliphatic carbocycles. The number of carbonyl (C=O) groups is 2. The standard InChI is InChI=1S/C18H15BrN4O2/c1-11-7-15(14-8-12(19)4-5-16(14)22-11)18(25)21-10-17(24)23-13-3-2-6-20-9-13/h2-9H,10H2,1H3,(H,21,25)(H,23,24). The van der Waals surface area contributed by atoms with Gasteiger partial charge in [-0.25, -0.2) is 0 Å². The molecular weight excluding hydrogens is 384 g/mol. The van der Waals surface area contributed by atoms with Gasteiger partial charge in [-0.3, -0.25) is 19.6 Å². The van der Waals surface area contributed by atoms with E-state index in [1.54, 1.807) is 24.4 Å². The minimum absolute atomic E-state index is 0.134. The lowest BCUT2D eigenvalue weighted by Crippen LogP contribution is -2.33. The first kappa shape index (κ1) is 17.0. The summed E-state index contributed by atoms with van der Waals surface area (Å²) in [6.07, 6.45) is 3.16. The molecule has 0 unspecified atom stereocenters. The quantitative estimate of drug-likeness (QED) is 0.707. The molecule has 0 aliphatic heterocycles. The van der Waals surface area contributed by atoms with Crippen LogP contribution >= 0.6 is 15.9 Å². The van der Waals surface area contributed by atoms with E-state index in [0.717, 1.165) is 21.1 Å². The number of amides is 2. The number of anilines is 1. The highest BCUT2D eigenvalue weighted by molar-refractivity contribution is 9.10. The Hall–Kier alpha value is -2.80. The molecule has 2 heterocycles. The molecule has 7 heteroatoms. The summed E-state index contributed by atoms with van der Waals surface area (Å²) in [6.45, 7) is 1.69. The summed E-state index contributed by atoms with van der Waals surface area (Å²) in [5, 5.41) is 6.04. The summed E-state index contributed by atoms with van der Waals surface area (Å²) in [7, 11) is 0. The molecular formula is C18H15BrN4O2. The number of rotatable bonds is 4. The van der Waals surface area contributed by atoms with Crippen molar-refractivity contribution >= 4 is 44.3 Å². The number of nitrogens with one attached hydrogen (secondary N) is 2. The van der Waals surface area contributed by atoms with Gasteiger partial charge in [0.15, 0.2) is 0 Å². The molecule has 0 aliphatic rings. The van der Waals surface area contributed by atoms with Gasteiger partial charge >= 0.3 is 0 Å². The van der Waals surface area contributed by atoms with Crippen LogP contribution in [0.25, 0.3) is 10.9 Å². The number of nitrogens with zero attached hydrogens (tertiary/aromatic N) is 2. The van der Waals surface area contributed by atoms with E-state index in [1.807, 2.05) is 25.1 Å². The molecule has 0 radical (unpaired) electrons. The van der Waals surface area contributed by atoms with Gasteiger partial charge in [0, 0.05) is 21.7 Å². The van der Waals surface area contributed by atoms with Crippen LogP contribution in [0.5, 0.6) is 0 Å². The van der Waals surface area contributed by atoms with Gasteiger partial charge in [-0.05, 0) is 43.3 Å². The van der Waals surface area contributed by atoms with Crippen molar-refractivity contribution in [3.05, 3.63) is 64.5 Å². The highest BCUT2D eigenvalue weighted by Gasteiger charge is 2.13. The third-order valence-corrected chi connectivity index (χ3v) is 3.99. The predicted octanol–water partition coefficient (Wildman–Crippen LogP) is 3.07. The fourth-order valence-electron chi connectivity index (χ4n) is 2.42. The van der Waals surface area contributed by atoms with Crippen molar-refractivity contribution in [2.45, 2.75) is 6.92 Å². The Labute approximate surface area is 152 Å². The van der Waals surface area contributed by atoms with Crippen molar-refractivity contribution in [2.75, 3.05) is 11.9 Å². The number of hydrogen-bond acceptors (Lipinski definition) is 4. The topological polar surface area (TPSA) is 84.0 Å².